The predicted molar refractivity (Wildman–Crippen MR) is 76.6 cm³/mol. The van der Waals surface area contributed by atoms with Gasteiger partial charge in [-0.2, -0.15) is 0 Å². The van der Waals surface area contributed by atoms with Crippen molar-refractivity contribution in [1.29, 1.82) is 0 Å². The number of carbonyl (C=O) groups excluding carboxylic acids is 1. The molecule has 0 atom stereocenters. The zero-order chi connectivity index (χ0) is 13.5. The summed E-state index contributed by atoms with van der Waals surface area (Å²) in [6, 6.07) is 5.48. The molecule has 4 nitrogen and oxygen atoms in total. The van der Waals surface area contributed by atoms with Crippen molar-refractivity contribution in [3.63, 3.8) is 0 Å². The van der Waals surface area contributed by atoms with Crippen LogP contribution in [0.15, 0.2) is 27.1 Å². The van der Waals surface area contributed by atoms with Gasteiger partial charge in [0.05, 0.1) is 5.69 Å². The first-order valence-electron chi connectivity index (χ1n) is 5.45. The molecular weight excluding hydrogens is 366 g/mol. The van der Waals surface area contributed by atoms with Crippen LogP contribution in [0, 0.1) is 0 Å². The Morgan fingerprint density at radius 2 is 1.83 bits per heavy atom. The van der Waals surface area contributed by atoms with Crippen LogP contribution in [-0.4, -0.2) is 17.0 Å². The Morgan fingerprint density at radius 1 is 1.17 bits per heavy atom. The summed E-state index contributed by atoms with van der Waals surface area (Å²) in [6.07, 6.45) is 1.53. The van der Waals surface area contributed by atoms with Crippen molar-refractivity contribution in [3.8, 4) is 0 Å². The third kappa shape index (κ3) is 5.64. The van der Waals surface area contributed by atoms with Crippen LogP contribution in [0.3, 0.4) is 0 Å². The van der Waals surface area contributed by atoms with Crippen molar-refractivity contribution < 1.29 is 14.7 Å². The molecule has 0 aliphatic carbocycles. The molecule has 1 amide bonds. The molecule has 98 valence electrons. The molecule has 0 fully saturated rings. The monoisotopic (exact) mass is 377 g/mol. The molecule has 1 rings (SSSR count). The van der Waals surface area contributed by atoms with Crippen LogP contribution in [0.1, 0.15) is 25.7 Å². The van der Waals surface area contributed by atoms with Crippen molar-refractivity contribution in [2.45, 2.75) is 25.7 Å². The maximum absolute atomic E-state index is 11.6. The summed E-state index contributed by atoms with van der Waals surface area (Å²) in [5, 5.41) is 11.2. The van der Waals surface area contributed by atoms with E-state index in [1.807, 2.05) is 12.1 Å². The molecule has 0 spiro atoms. The zero-order valence-electron chi connectivity index (χ0n) is 9.58. The second-order valence-electron chi connectivity index (χ2n) is 3.77. The van der Waals surface area contributed by atoms with E-state index in [-0.39, 0.29) is 12.3 Å². The van der Waals surface area contributed by atoms with Crippen LogP contribution in [0.25, 0.3) is 0 Å². The van der Waals surface area contributed by atoms with Gasteiger partial charge >= 0.3 is 5.97 Å². The summed E-state index contributed by atoms with van der Waals surface area (Å²) >= 11 is 6.68. The minimum Gasteiger partial charge on any atom is -0.481 e. The largest absolute Gasteiger partial charge is 0.481 e. The van der Waals surface area contributed by atoms with Crippen LogP contribution in [0.4, 0.5) is 5.69 Å². The molecule has 0 aromatic heterocycles. The van der Waals surface area contributed by atoms with E-state index in [4.69, 9.17) is 5.11 Å². The number of anilines is 1. The van der Waals surface area contributed by atoms with Crippen LogP contribution in [0.2, 0.25) is 0 Å². The SMILES string of the molecule is O=C(O)CCCCC(=O)Nc1ccc(Br)cc1Br. The van der Waals surface area contributed by atoms with E-state index in [0.29, 0.717) is 24.9 Å². The highest BCUT2D eigenvalue weighted by Gasteiger charge is 2.06. The maximum atomic E-state index is 11.6. The van der Waals surface area contributed by atoms with Gasteiger partial charge < -0.3 is 10.4 Å². The Balaban J connectivity index is 2.38. The number of hydrogen-bond donors (Lipinski definition) is 2. The van der Waals surface area contributed by atoms with Gasteiger partial charge in [-0.15, -0.1) is 0 Å². The number of amides is 1. The zero-order valence-corrected chi connectivity index (χ0v) is 12.8. The van der Waals surface area contributed by atoms with Gasteiger partial charge in [-0.1, -0.05) is 15.9 Å². The molecular formula is C12H13Br2NO3. The molecule has 2 N–H and O–H groups in total. The maximum Gasteiger partial charge on any atom is 0.303 e. The molecule has 0 unspecified atom stereocenters. The van der Waals surface area contributed by atoms with E-state index in [2.05, 4.69) is 37.2 Å². The van der Waals surface area contributed by atoms with E-state index in [1.165, 1.54) is 0 Å². The average molecular weight is 379 g/mol. The van der Waals surface area contributed by atoms with Gasteiger partial charge in [0.1, 0.15) is 0 Å². The third-order valence-electron chi connectivity index (χ3n) is 2.25. The molecule has 0 bridgehead atoms. The molecule has 1 aromatic carbocycles. The number of aliphatic carboxylic acids is 1. The highest BCUT2D eigenvalue weighted by Crippen LogP contribution is 2.26. The summed E-state index contributed by atoms with van der Waals surface area (Å²) in [5.74, 6) is -0.936. The van der Waals surface area contributed by atoms with Crippen LogP contribution >= 0.6 is 31.9 Å². The van der Waals surface area contributed by atoms with Gasteiger partial charge in [0, 0.05) is 21.8 Å². The first-order chi connectivity index (χ1) is 8.49. The lowest BCUT2D eigenvalue weighted by molar-refractivity contribution is -0.137. The highest BCUT2D eigenvalue weighted by molar-refractivity contribution is 9.11. The standard InChI is InChI=1S/C12H13Br2NO3/c13-8-5-6-10(9(14)7-8)15-11(16)3-1-2-4-12(17)18/h5-7H,1-4H2,(H,15,16)(H,17,18). The summed E-state index contributed by atoms with van der Waals surface area (Å²) in [4.78, 5) is 21.9. The predicted octanol–water partition coefficient (Wildman–Crippen LogP) is 3.80. The molecule has 0 saturated carbocycles. The van der Waals surface area contributed by atoms with E-state index in [0.717, 1.165) is 8.95 Å². The number of carboxylic acids is 1. The van der Waals surface area contributed by atoms with Gasteiger partial charge in [-0.05, 0) is 47.0 Å². The second-order valence-corrected chi connectivity index (χ2v) is 5.54. The van der Waals surface area contributed by atoms with Gasteiger partial charge in [-0.25, -0.2) is 0 Å². The first kappa shape index (κ1) is 15.2. The number of rotatable bonds is 6. The molecule has 18 heavy (non-hydrogen) atoms. The van der Waals surface area contributed by atoms with Crippen molar-refractivity contribution in [2.75, 3.05) is 5.32 Å². The number of carbonyl (C=O) groups is 2. The smallest absolute Gasteiger partial charge is 0.303 e. The summed E-state index contributed by atoms with van der Waals surface area (Å²) in [5.41, 5.74) is 0.710. The van der Waals surface area contributed by atoms with Crippen molar-refractivity contribution >= 4 is 49.4 Å². The van der Waals surface area contributed by atoms with Gasteiger partial charge in [0.15, 0.2) is 0 Å². The summed E-state index contributed by atoms with van der Waals surface area (Å²) in [7, 11) is 0. The first-order valence-corrected chi connectivity index (χ1v) is 7.04. The molecule has 0 radical (unpaired) electrons. The fraction of sp³-hybridized carbons (Fsp3) is 0.333. The fourth-order valence-electron chi connectivity index (χ4n) is 1.37. The Hall–Kier alpha value is -0.880. The van der Waals surface area contributed by atoms with Gasteiger partial charge in [-0.3, -0.25) is 9.59 Å². The van der Waals surface area contributed by atoms with E-state index >= 15 is 0 Å². The highest BCUT2D eigenvalue weighted by atomic mass is 79.9. The van der Waals surface area contributed by atoms with Crippen LogP contribution in [-0.2, 0) is 9.59 Å². The third-order valence-corrected chi connectivity index (χ3v) is 3.40. The minimum atomic E-state index is -0.828. The normalized spacial score (nSPS) is 10.1. The molecule has 0 aliphatic rings. The Bertz CT molecular complexity index is 449. The molecule has 0 aliphatic heterocycles. The Morgan fingerprint density at radius 3 is 2.44 bits per heavy atom. The van der Waals surface area contributed by atoms with E-state index in [1.54, 1.807) is 6.07 Å². The summed E-state index contributed by atoms with van der Waals surface area (Å²) < 4.78 is 1.73. The van der Waals surface area contributed by atoms with Gasteiger partial charge in [0.25, 0.3) is 0 Å². The van der Waals surface area contributed by atoms with E-state index in [9.17, 15) is 9.59 Å². The number of nitrogens with one attached hydrogen (secondary N) is 1. The fourth-order valence-corrected chi connectivity index (χ4v) is 2.51. The van der Waals surface area contributed by atoms with Crippen LogP contribution in [0.5, 0.6) is 0 Å². The average Bonchev–Trinajstić information content (AvgIpc) is 2.28. The molecule has 0 saturated heterocycles. The molecule has 1 aromatic rings. The van der Waals surface area contributed by atoms with Crippen molar-refractivity contribution in [3.05, 3.63) is 27.1 Å². The number of hydrogen-bond acceptors (Lipinski definition) is 2. The van der Waals surface area contributed by atoms with Crippen molar-refractivity contribution in [2.24, 2.45) is 0 Å². The lowest BCUT2D eigenvalue weighted by Gasteiger charge is -2.07. The topological polar surface area (TPSA) is 66.4 Å². The number of halogens is 2. The van der Waals surface area contributed by atoms with Crippen molar-refractivity contribution in [1.82, 2.24) is 0 Å². The Kier molecular flexibility index (Phi) is 6.35. The number of benzene rings is 1. The van der Waals surface area contributed by atoms with Crippen LogP contribution < -0.4 is 5.32 Å². The lowest BCUT2D eigenvalue weighted by Crippen LogP contribution is -2.11. The number of carboxylic acid groups (broad SMARTS) is 1. The van der Waals surface area contributed by atoms with Gasteiger partial charge in [0.2, 0.25) is 5.91 Å². The minimum absolute atomic E-state index is 0.106. The molecule has 0 heterocycles. The quantitative estimate of drug-likeness (QED) is 0.740. The summed E-state index contributed by atoms with van der Waals surface area (Å²) in [6.45, 7) is 0. The van der Waals surface area contributed by atoms with E-state index < -0.39 is 5.97 Å². The lowest BCUT2D eigenvalue weighted by atomic mass is 10.2. The second kappa shape index (κ2) is 7.53. The molecule has 6 heteroatoms. The number of unbranched alkanes of at least 4 members (excludes halogenated alkanes) is 1. The Labute approximate surface area is 122 Å².